The third-order valence-electron chi connectivity index (χ3n) is 4.80. The standard InChI is InChI=1S/C15H27NO2/c1-14(2)9-10-16(11-14)12-15(13(17)18)7-5-3-4-6-8-15/h3-12H2,1-2H3,(H,17,18). The molecule has 0 unspecified atom stereocenters. The van der Waals surface area contributed by atoms with Crippen molar-refractivity contribution >= 4 is 5.97 Å². The molecule has 1 aliphatic heterocycles. The van der Waals surface area contributed by atoms with Crippen LogP contribution in [0.25, 0.3) is 0 Å². The van der Waals surface area contributed by atoms with E-state index in [4.69, 9.17) is 0 Å². The quantitative estimate of drug-likeness (QED) is 0.786. The van der Waals surface area contributed by atoms with Gasteiger partial charge in [-0.05, 0) is 31.2 Å². The molecule has 2 rings (SSSR count). The largest absolute Gasteiger partial charge is 0.481 e. The van der Waals surface area contributed by atoms with Crippen molar-refractivity contribution in [3.8, 4) is 0 Å². The Balaban J connectivity index is 2.04. The number of likely N-dealkylation sites (tertiary alicyclic amines) is 1. The minimum absolute atomic E-state index is 0.365. The van der Waals surface area contributed by atoms with E-state index in [1.165, 1.54) is 19.3 Å². The van der Waals surface area contributed by atoms with E-state index in [9.17, 15) is 9.90 Å². The fraction of sp³-hybridized carbons (Fsp3) is 0.933. The lowest BCUT2D eigenvalue weighted by Crippen LogP contribution is -2.42. The second-order valence-corrected chi connectivity index (χ2v) is 7.12. The maximum absolute atomic E-state index is 11.8. The highest BCUT2D eigenvalue weighted by Gasteiger charge is 2.42. The summed E-state index contributed by atoms with van der Waals surface area (Å²) in [5.74, 6) is -0.561. The molecule has 104 valence electrons. The lowest BCUT2D eigenvalue weighted by Gasteiger charge is -2.33. The summed E-state index contributed by atoms with van der Waals surface area (Å²) in [5.41, 5.74) is -0.0959. The molecule has 0 spiro atoms. The van der Waals surface area contributed by atoms with E-state index in [0.29, 0.717) is 5.41 Å². The maximum Gasteiger partial charge on any atom is 0.310 e. The van der Waals surface area contributed by atoms with Crippen molar-refractivity contribution < 1.29 is 9.90 Å². The molecular formula is C15H27NO2. The minimum Gasteiger partial charge on any atom is -0.481 e. The molecule has 0 atom stereocenters. The van der Waals surface area contributed by atoms with Gasteiger partial charge in [-0.2, -0.15) is 0 Å². The number of hydrogen-bond acceptors (Lipinski definition) is 2. The highest BCUT2D eigenvalue weighted by Crippen LogP contribution is 2.39. The summed E-state index contributed by atoms with van der Waals surface area (Å²) >= 11 is 0. The lowest BCUT2D eigenvalue weighted by atomic mass is 9.80. The van der Waals surface area contributed by atoms with Gasteiger partial charge in [-0.1, -0.05) is 39.5 Å². The summed E-state index contributed by atoms with van der Waals surface area (Å²) in [6.45, 7) is 7.47. The molecule has 1 heterocycles. The number of carboxylic acid groups (broad SMARTS) is 1. The molecule has 0 radical (unpaired) electrons. The van der Waals surface area contributed by atoms with E-state index >= 15 is 0 Å². The maximum atomic E-state index is 11.8. The van der Waals surface area contributed by atoms with E-state index in [1.54, 1.807) is 0 Å². The molecule has 0 amide bonds. The van der Waals surface area contributed by atoms with Crippen LogP contribution in [-0.2, 0) is 4.79 Å². The average Bonchev–Trinajstić information content (AvgIpc) is 2.52. The Bertz CT molecular complexity index is 304. The van der Waals surface area contributed by atoms with Gasteiger partial charge < -0.3 is 10.0 Å². The summed E-state index contributed by atoms with van der Waals surface area (Å²) in [7, 11) is 0. The first-order valence-corrected chi connectivity index (χ1v) is 7.39. The topological polar surface area (TPSA) is 40.5 Å². The SMILES string of the molecule is CC1(C)CCN(CC2(C(=O)O)CCCCCC2)C1. The molecule has 1 saturated carbocycles. The van der Waals surface area contributed by atoms with Crippen LogP contribution in [0.3, 0.4) is 0 Å². The Hall–Kier alpha value is -0.570. The lowest BCUT2D eigenvalue weighted by molar-refractivity contribution is -0.151. The zero-order chi connectivity index (χ0) is 13.2. The van der Waals surface area contributed by atoms with Crippen LogP contribution in [0.2, 0.25) is 0 Å². The van der Waals surface area contributed by atoms with Crippen molar-refractivity contribution in [2.24, 2.45) is 10.8 Å². The van der Waals surface area contributed by atoms with Gasteiger partial charge in [0.1, 0.15) is 0 Å². The van der Waals surface area contributed by atoms with Gasteiger partial charge in [0, 0.05) is 13.1 Å². The first-order valence-electron chi connectivity index (χ1n) is 7.39. The predicted octanol–water partition coefficient (Wildman–Crippen LogP) is 3.14. The fourth-order valence-electron chi connectivity index (χ4n) is 3.63. The zero-order valence-corrected chi connectivity index (χ0v) is 11.9. The van der Waals surface area contributed by atoms with Gasteiger partial charge in [0.05, 0.1) is 5.41 Å². The molecule has 18 heavy (non-hydrogen) atoms. The number of hydrogen-bond donors (Lipinski definition) is 1. The number of aliphatic carboxylic acids is 1. The third kappa shape index (κ3) is 3.05. The van der Waals surface area contributed by atoms with Gasteiger partial charge >= 0.3 is 5.97 Å². The normalized spacial score (nSPS) is 27.9. The van der Waals surface area contributed by atoms with Crippen molar-refractivity contribution in [1.82, 2.24) is 4.90 Å². The molecule has 1 N–H and O–H groups in total. The van der Waals surface area contributed by atoms with Gasteiger partial charge in [0.25, 0.3) is 0 Å². The number of carboxylic acids is 1. The highest BCUT2D eigenvalue weighted by molar-refractivity contribution is 5.75. The molecule has 3 heteroatoms. The van der Waals surface area contributed by atoms with E-state index in [1.807, 2.05) is 0 Å². The fourth-order valence-corrected chi connectivity index (χ4v) is 3.63. The molecule has 0 aromatic carbocycles. The predicted molar refractivity (Wildman–Crippen MR) is 72.6 cm³/mol. The van der Waals surface area contributed by atoms with E-state index in [-0.39, 0.29) is 0 Å². The van der Waals surface area contributed by atoms with Gasteiger partial charge in [0.15, 0.2) is 0 Å². The molecule has 0 aromatic heterocycles. The molecule has 0 bridgehead atoms. The van der Waals surface area contributed by atoms with Crippen molar-refractivity contribution in [3.05, 3.63) is 0 Å². The van der Waals surface area contributed by atoms with Gasteiger partial charge in [-0.15, -0.1) is 0 Å². The number of rotatable bonds is 3. The number of nitrogens with zero attached hydrogens (tertiary/aromatic N) is 1. The summed E-state index contributed by atoms with van der Waals surface area (Å²) in [5, 5.41) is 9.68. The molecule has 2 aliphatic rings. The van der Waals surface area contributed by atoms with E-state index < -0.39 is 11.4 Å². The molecule has 2 fully saturated rings. The Labute approximate surface area is 111 Å². The molecule has 0 aromatic rings. The smallest absolute Gasteiger partial charge is 0.310 e. The Morgan fingerprint density at radius 2 is 1.72 bits per heavy atom. The van der Waals surface area contributed by atoms with Crippen LogP contribution in [0.4, 0.5) is 0 Å². The van der Waals surface area contributed by atoms with Crippen LogP contribution in [0, 0.1) is 10.8 Å². The van der Waals surface area contributed by atoms with Crippen LogP contribution in [0.15, 0.2) is 0 Å². The second kappa shape index (κ2) is 5.20. The molecule has 1 aliphatic carbocycles. The van der Waals surface area contributed by atoms with Crippen molar-refractivity contribution in [2.75, 3.05) is 19.6 Å². The average molecular weight is 253 g/mol. The first-order chi connectivity index (χ1) is 8.44. The van der Waals surface area contributed by atoms with Gasteiger partial charge in [0.2, 0.25) is 0 Å². The summed E-state index contributed by atoms with van der Waals surface area (Å²) < 4.78 is 0. The van der Waals surface area contributed by atoms with Crippen LogP contribution < -0.4 is 0 Å². The Kier molecular flexibility index (Phi) is 4.00. The second-order valence-electron chi connectivity index (χ2n) is 7.12. The Morgan fingerprint density at radius 1 is 1.11 bits per heavy atom. The first kappa shape index (κ1) is 13.9. The van der Waals surface area contributed by atoms with Crippen molar-refractivity contribution in [1.29, 1.82) is 0 Å². The van der Waals surface area contributed by atoms with E-state index in [0.717, 1.165) is 45.3 Å². The minimum atomic E-state index is -0.561. The van der Waals surface area contributed by atoms with Crippen molar-refractivity contribution in [2.45, 2.75) is 58.8 Å². The van der Waals surface area contributed by atoms with Gasteiger partial charge in [-0.3, -0.25) is 4.79 Å². The Morgan fingerprint density at radius 3 is 2.17 bits per heavy atom. The van der Waals surface area contributed by atoms with Gasteiger partial charge in [-0.25, -0.2) is 0 Å². The summed E-state index contributed by atoms with van der Waals surface area (Å²) in [4.78, 5) is 14.1. The van der Waals surface area contributed by atoms with E-state index in [2.05, 4.69) is 18.7 Å². The zero-order valence-electron chi connectivity index (χ0n) is 11.9. The third-order valence-corrected chi connectivity index (χ3v) is 4.80. The number of carbonyl (C=O) groups is 1. The highest BCUT2D eigenvalue weighted by atomic mass is 16.4. The molecular weight excluding hydrogens is 226 g/mol. The molecule has 3 nitrogen and oxygen atoms in total. The van der Waals surface area contributed by atoms with Crippen LogP contribution >= 0.6 is 0 Å². The summed E-state index contributed by atoms with van der Waals surface area (Å²) in [6, 6.07) is 0. The van der Waals surface area contributed by atoms with Crippen LogP contribution in [0.5, 0.6) is 0 Å². The summed E-state index contributed by atoms with van der Waals surface area (Å²) in [6.07, 6.45) is 7.54. The molecule has 1 saturated heterocycles. The van der Waals surface area contributed by atoms with Crippen molar-refractivity contribution in [3.63, 3.8) is 0 Å². The monoisotopic (exact) mass is 253 g/mol. The van der Waals surface area contributed by atoms with Crippen LogP contribution in [0.1, 0.15) is 58.8 Å². The van der Waals surface area contributed by atoms with Crippen LogP contribution in [-0.4, -0.2) is 35.6 Å².